The lowest BCUT2D eigenvalue weighted by Gasteiger charge is -2.35. The Morgan fingerprint density at radius 1 is 1.11 bits per heavy atom. The minimum Gasteiger partial charge on any atom is -0.353 e. The molecule has 0 aliphatic carbocycles. The maximum atomic E-state index is 13.1. The summed E-state index contributed by atoms with van der Waals surface area (Å²) in [5.41, 5.74) is 2.64. The second kappa shape index (κ2) is 8.20. The number of piperazine rings is 1. The molecule has 1 fully saturated rings. The summed E-state index contributed by atoms with van der Waals surface area (Å²) >= 11 is 0. The molecule has 0 saturated carbocycles. The van der Waals surface area contributed by atoms with E-state index in [1.807, 2.05) is 49.1 Å². The van der Waals surface area contributed by atoms with Gasteiger partial charge in [-0.3, -0.25) is 9.59 Å². The highest BCUT2D eigenvalue weighted by Gasteiger charge is 2.22. The second-order valence-electron chi connectivity index (χ2n) is 6.78. The molecule has 2 amide bonds. The van der Waals surface area contributed by atoms with Gasteiger partial charge in [-0.2, -0.15) is 0 Å². The van der Waals surface area contributed by atoms with Crippen molar-refractivity contribution < 1.29 is 9.59 Å². The lowest BCUT2D eigenvalue weighted by Crippen LogP contribution is -2.48. The van der Waals surface area contributed by atoms with Gasteiger partial charge in [0.25, 0.3) is 5.91 Å². The number of aryl methyl sites for hydroxylation is 1. The van der Waals surface area contributed by atoms with Gasteiger partial charge < -0.3 is 14.7 Å². The molecule has 27 heavy (non-hydrogen) atoms. The SMILES string of the molecule is CCN(C(=O)c1ccnc(N2CCN(C(C)=O)CC2)c1)c1cccc(C)c1. The lowest BCUT2D eigenvalue weighted by atomic mass is 10.1. The fourth-order valence-electron chi connectivity index (χ4n) is 3.37. The topological polar surface area (TPSA) is 56.8 Å². The first-order chi connectivity index (χ1) is 13.0. The fourth-order valence-corrected chi connectivity index (χ4v) is 3.37. The molecule has 6 heteroatoms. The average molecular weight is 366 g/mol. The third kappa shape index (κ3) is 4.27. The molecule has 1 aromatic carbocycles. The van der Waals surface area contributed by atoms with Crippen LogP contribution in [0.3, 0.4) is 0 Å². The molecule has 6 nitrogen and oxygen atoms in total. The maximum Gasteiger partial charge on any atom is 0.258 e. The Morgan fingerprint density at radius 2 is 1.85 bits per heavy atom. The Balaban J connectivity index is 1.78. The summed E-state index contributed by atoms with van der Waals surface area (Å²) in [5.74, 6) is 0.849. The van der Waals surface area contributed by atoms with E-state index in [9.17, 15) is 9.59 Å². The van der Waals surface area contributed by atoms with Crippen molar-refractivity contribution in [1.29, 1.82) is 0 Å². The van der Waals surface area contributed by atoms with Crippen LogP contribution >= 0.6 is 0 Å². The van der Waals surface area contributed by atoms with Crippen LogP contribution in [0.25, 0.3) is 0 Å². The van der Waals surface area contributed by atoms with E-state index >= 15 is 0 Å². The third-order valence-corrected chi connectivity index (χ3v) is 4.92. The molecule has 3 rings (SSSR count). The number of hydrogen-bond acceptors (Lipinski definition) is 4. The van der Waals surface area contributed by atoms with Crippen LogP contribution in [-0.4, -0.2) is 54.4 Å². The van der Waals surface area contributed by atoms with Crippen LogP contribution in [-0.2, 0) is 4.79 Å². The lowest BCUT2D eigenvalue weighted by molar-refractivity contribution is -0.129. The van der Waals surface area contributed by atoms with Gasteiger partial charge in [0.05, 0.1) is 0 Å². The Hall–Kier alpha value is -2.89. The second-order valence-corrected chi connectivity index (χ2v) is 6.78. The van der Waals surface area contributed by atoms with Crippen LogP contribution in [0.1, 0.15) is 29.8 Å². The smallest absolute Gasteiger partial charge is 0.258 e. The molecular weight excluding hydrogens is 340 g/mol. The molecule has 0 N–H and O–H groups in total. The van der Waals surface area contributed by atoms with Crippen LogP contribution in [0, 0.1) is 6.92 Å². The van der Waals surface area contributed by atoms with Crippen molar-refractivity contribution in [3.05, 3.63) is 53.7 Å². The Kier molecular flexibility index (Phi) is 5.74. The molecule has 0 bridgehead atoms. The zero-order valence-electron chi connectivity index (χ0n) is 16.2. The predicted octanol–water partition coefficient (Wildman–Crippen LogP) is 2.73. The Labute approximate surface area is 160 Å². The molecule has 1 aliphatic heterocycles. The Bertz CT molecular complexity index is 828. The van der Waals surface area contributed by atoms with Crippen molar-refractivity contribution in [3.8, 4) is 0 Å². The zero-order valence-corrected chi connectivity index (χ0v) is 16.2. The molecule has 2 heterocycles. The van der Waals surface area contributed by atoms with E-state index < -0.39 is 0 Å². The van der Waals surface area contributed by atoms with Gasteiger partial charge in [-0.25, -0.2) is 4.98 Å². The number of anilines is 2. The van der Waals surface area contributed by atoms with E-state index in [1.54, 1.807) is 24.1 Å². The van der Waals surface area contributed by atoms with E-state index in [4.69, 9.17) is 0 Å². The molecule has 1 aromatic heterocycles. The number of hydrogen-bond donors (Lipinski definition) is 0. The van der Waals surface area contributed by atoms with E-state index in [0.717, 1.165) is 30.2 Å². The van der Waals surface area contributed by atoms with E-state index in [1.165, 1.54) is 0 Å². The standard InChI is InChI=1S/C21H26N4O2/c1-4-25(19-7-5-6-16(2)14-19)21(27)18-8-9-22-20(15-18)24-12-10-23(11-13-24)17(3)26/h5-9,14-15H,4,10-13H2,1-3H3. The molecule has 1 aliphatic rings. The van der Waals surface area contributed by atoms with E-state index in [0.29, 0.717) is 25.2 Å². The fraction of sp³-hybridized carbons (Fsp3) is 0.381. The largest absolute Gasteiger partial charge is 0.353 e. The number of rotatable bonds is 4. The minimum absolute atomic E-state index is 0.0332. The number of aromatic nitrogens is 1. The average Bonchev–Trinajstić information content (AvgIpc) is 2.69. The van der Waals surface area contributed by atoms with Gasteiger partial charge in [-0.05, 0) is 43.7 Å². The summed E-state index contributed by atoms with van der Waals surface area (Å²) in [7, 11) is 0. The zero-order chi connectivity index (χ0) is 19.4. The monoisotopic (exact) mass is 366 g/mol. The molecule has 142 valence electrons. The number of amides is 2. The van der Waals surface area contributed by atoms with E-state index in [2.05, 4.69) is 9.88 Å². The van der Waals surface area contributed by atoms with Crippen molar-refractivity contribution in [2.24, 2.45) is 0 Å². The van der Waals surface area contributed by atoms with Crippen LogP contribution in [0.2, 0.25) is 0 Å². The van der Waals surface area contributed by atoms with Gasteiger partial charge in [0.2, 0.25) is 5.91 Å². The van der Waals surface area contributed by atoms with Crippen molar-refractivity contribution in [1.82, 2.24) is 9.88 Å². The van der Waals surface area contributed by atoms with Gasteiger partial charge in [0.1, 0.15) is 5.82 Å². The van der Waals surface area contributed by atoms with Crippen LogP contribution in [0.15, 0.2) is 42.6 Å². The highest BCUT2D eigenvalue weighted by atomic mass is 16.2. The van der Waals surface area contributed by atoms with Crippen molar-refractivity contribution >= 4 is 23.3 Å². The number of carbonyl (C=O) groups excluding carboxylic acids is 2. The van der Waals surface area contributed by atoms with Crippen molar-refractivity contribution in [3.63, 3.8) is 0 Å². The van der Waals surface area contributed by atoms with Gasteiger partial charge >= 0.3 is 0 Å². The first kappa shape index (κ1) is 18.9. The quantitative estimate of drug-likeness (QED) is 0.835. The van der Waals surface area contributed by atoms with Gasteiger partial charge in [0.15, 0.2) is 0 Å². The minimum atomic E-state index is -0.0332. The van der Waals surface area contributed by atoms with Crippen LogP contribution in [0.4, 0.5) is 11.5 Å². The third-order valence-electron chi connectivity index (χ3n) is 4.92. The summed E-state index contributed by atoms with van der Waals surface area (Å²) in [6, 6.07) is 11.6. The highest BCUT2D eigenvalue weighted by Crippen LogP contribution is 2.21. The summed E-state index contributed by atoms with van der Waals surface area (Å²) < 4.78 is 0. The molecule has 0 atom stereocenters. The van der Waals surface area contributed by atoms with Crippen molar-refractivity contribution in [2.75, 3.05) is 42.5 Å². The van der Waals surface area contributed by atoms with Gasteiger partial charge in [0, 0.05) is 57.1 Å². The van der Waals surface area contributed by atoms with Crippen LogP contribution < -0.4 is 9.80 Å². The summed E-state index contributed by atoms with van der Waals surface area (Å²) in [6.07, 6.45) is 1.68. The van der Waals surface area contributed by atoms with Gasteiger partial charge in [-0.1, -0.05) is 12.1 Å². The summed E-state index contributed by atoms with van der Waals surface area (Å²) in [5, 5.41) is 0. The molecule has 0 spiro atoms. The first-order valence-corrected chi connectivity index (χ1v) is 9.34. The Morgan fingerprint density at radius 3 is 2.48 bits per heavy atom. The highest BCUT2D eigenvalue weighted by molar-refractivity contribution is 6.06. The molecule has 0 radical (unpaired) electrons. The number of benzene rings is 1. The molecule has 1 saturated heterocycles. The van der Waals surface area contributed by atoms with Gasteiger partial charge in [-0.15, -0.1) is 0 Å². The first-order valence-electron chi connectivity index (χ1n) is 9.34. The molecular formula is C21H26N4O2. The maximum absolute atomic E-state index is 13.1. The van der Waals surface area contributed by atoms with Crippen LogP contribution in [0.5, 0.6) is 0 Å². The van der Waals surface area contributed by atoms with Crippen molar-refractivity contribution in [2.45, 2.75) is 20.8 Å². The molecule has 2 aromatic rings. The molecule has 0 unspecified atom stereocenters. The summed E-state index contributed by atoms with van der Waals surface area (Å²) in [4.78, 5) is 34.8. The predicted molar refractivity (Wildman–Crippen MR) is 107 cm³/mol. The number of carbonyl (C=O) groups is 2. The normalized spacial score (nSPS) is 14.2. The number of pyridine rings is 1. The van der Waals surface area contributed by atoms with E-state index in [-0.39, 0.29) is 11.8 Å². The number of nitrogens with zero attached hydrogens (tertiary/aromatic N) is 4. The summed E-state index contributed by atoms with van der Waals surface area (Å²) in [6.45, 7) is 8.99.